The van der Waals surface area contributed by atoms with Crippen LogP contribution in [-0.2, 0) is 17.9 Å². The van der Waals surface area contributed by atoms with Gasteiger partial charge in [0.2, 0.25) is 0 Å². The van der Waals surface area contributed by atoms with Crippen molar-refractivity contribution in [2.45, 2.75) is 39.5 Å². The number of halogens is 2. The maximum absolute atomic E-state index is 11.4. The Bertz CT molecular complexity index is 813. The van der Waals surface area contributed by atoms with Crippen molar-refractivity contribution >= 4 is 33.5 Å². The summed E-state index contributed by atoms with van der Waals surface area (Å²) in [5, 5.41) is 13.1. The highest BCUT2D eigenvalue weighted by Gasteiger charge is 2.19. The molecule has 0 spiro atoms. The third kappa shape index (κ3) is 6.69. The van der Waals surface area contributed by atoms with E-state index in [1.165, 1.54) is 0 Å². The number of hydrogen-bond donors (Lipinski definition) is 2. The van der Waals surface area contributed by atoms with Gasteiger partial charge in [-0.25, -0.2) is 0 Å². The van der Waals surface area contributed by atoms with Crippen LogP contribution in [0.1, 0.15) is 31.4 Å². The van der Waals surface area contributed by atoms with Gasteiger partial charge in [0, 0.05) is 11.6 Å². The Morgan fingerprint density at radius 2 is 2.00 bits per heavy atom. The van der Waals surface area contributed by atoms with E-state index < -0.39 is 12.0 Å². The van der Waals surface area contributed by atoms with Gasteiger partial charge in [-0.05, 0) is 63.7 Å². The van der Waals surface area contributed by atoms with Gasteiger partial charge in [-0.3, -0.25) is 4.79 Å². The van der Waals surface area contributed by atoms with Crippen molar-refractivity contribution in [2.75, 3.05) is 7.11 Å². The smallest absolute Gasteiger partial charge is 0.320 e. The van der Waals surface area contributed by atoms with Gasteiger partial charge < -0.3 is 19.9 Å². The van der Waals surface area contributed by atoms with Crippen molar-refractivity contribution in [3.8, 4) is 11.5 Å². The van der Waals surface area contributed by atoms with Gasteiger partial charge in [0.05, 0.1) is 11.6 Å². The van der Waals surface area contributed by atoms with E-state index in [0.717, 1.165) is 15.6 Å². The zero-order valence-electron chi connectivity index (χ0n) is 16.2. The first-order chi connectivity index (χ1) is 13.3. The molecule has 0 aliphatic heterocycles. The third-order valence-electron chi connectivity index (χ3n) is 4.12. The van der Waals surface area contributed by atoms with Crippen molar-refractivity contribution < 1.29 is 19.4 Å². The minimum atomic E-state index is -0.846. The minimum absolute atomic E-state index is 0.289. The first-order valence-electron chi connectivity index (χ1n) is 9.00. The van der Waals surface area contributed by atoms with Gasteiger partial charge in [0.1, 0.15) is 12.6 Å². The zero-order valence-corrected chi connectivity index (χ0v) is 18.5. The van der Waals surface area contributed by atoms with Gasteiger partial charge in [-0.1, -0.05) is 37.6 Å². The molecule has 152 valence electrons. The molecule has 2 aromatic rings. The molecule has 0 aliphatic rings. The fraction of sp³-hybridized carbons (Fsp3) is 0.381. The quantitative estimate of drug-likeness (QED) is 0.494. The van der Waals surface area contributed by atoms with E-state index in [1.807, 2.05) is 50.2 Å². The Labute approximate surface area is 179 Å². The van der Waals surface area contributed by atoms with Gasteiger partial charge >= 0.3 is 5.97 Å². The molecule has 1 atom stereocenters. The van der Waals surface area contributed by atoms with Crippen LogP contribution in [0.3, 0.4) is 0 Å². The zero-order chi connectivity index (χ0) is 20.7. The highest BCUT2D eigenvalue weighted by molar-refractivity contribution is 9.10. The molecule has 28 heavy (non-hydrogen) atoms. The van der Waals surface area contributed by atoms with Gasteiger partial charge in [0.25, 0.3) is 0 Å². The molecule has 0 amide bonds. The Balaban J connectivity index is 2.10. The first kappa shape index (κ1) is 22.5. The Morgan fingerprint density at radius 3 is 2.61 bits per heavy atom. The van der Waals surface area contributed by atoms with Crippen molar-refractivity contribution in [1.29, 1.82) is 0 Å². The highest BCUT2D eigenvalue weighted by atomic mass is 79.9. The monoisotopic (exact) mass is 469 g/mol. The number of ether oxygens (including phenoxy) is 2. The molecule has 0 bridgehead atoms. The van der Waals surface area contributed by atoms with Gasteiger partial charge in [-0.15, -0.1) is 0 Å². The molecule has 0 heterocycles. The second-order valence-electron chi connectivity index (χ2n) is 6.93. The summed E-state index contributed by atoms with van der Waals surface area (Å²) in [7, 11) is 1.57. The molecule has 0 aliphatic carbocycles. The Kier molecular flexibility index (Phi) is 8.60. The SMILES string of the molecule is COc1cc(CNC(CC(C)C)C(=O)O)cc(Br)c1OCc1cccc(Cl)c1. The second-order valence-corrected chi connectivity index (χ2v) is 8.22. The van der Waals surface area contributed by atoms with Crippen LogP contribution in [0.4, 0.5) is 0 Å². The summed E-state index contributed by atoms with van der Waals surface area (Å²) in [5.41, 5.74) is 1.85. The fourth-order valence-corrected chi connectivity index (χ4v) is 3.60. The van der Waals surface area contributed by atoms with E-state index in [4.69, 9.17) is 21.1 Å². The van der Waals surface area contributed by atoms with Crippen LogP contribution >= 0.6 is 27.5 Å². The molecule has 2 rings (SSSR count). The Morgan fingerprint density at radius 1 is 1.25 bits per heavy atom. The molecular formula is C21H25BrClNO4. The summed E-state index contributed by atoms with van der Waals surface area (Å²) in [6, 6.07) is 10.6. The lowest BCUT2D eigenvalue weighted by Gasteiger charge is -2.18. The van der Waals surface area contributed by atoms with Crippen LogP contribution in [0, 0.1) is 5.92 Å². The summed E-state index contributed by atoms with van der Waals surface area (Å²) < 4.78 is 12.1. The van der Waals surface area contributed by atoms with E-state index in [9.17, 15) is 9.90 Å². The number of benzene rings is 2. The molecule has 1 unspecified atom stereocenters. The van der Waals surface area contributed by atoms with Crippen LogP contribution in [0.5, 0.6) is 11.5 Å². The number of carbonyl (C=O) groups is 1. The Hall–Kier alpha value is -1.76. The van der Waals surface area contributed by atoms with E-state index in [-0.39, 0.29) is 5.92 Å². The molecule has 0 radical (unpaired) electrons. The van der Waals surface area contributed by atoms with Crippen LogP contribution < -0.4 is 14.8 Å². The maximum Gasteiger partial charge on any atom is 0.320 e. The normalized spacial score (nSPS) is 12.1. The maximum atomic E-state index is 11.4. The molecular weight excluding hydrogens is 446 g/mol. The number of carboxylic acids is 1. The number of carboxylic acid groups (broad SMARTS) is 1. The molecule has 0 saturated carbocycles. The largest absolute Gasteiger partial charge is 0.493 e. The lowest BCUT2D eigenvalue weighted by molar-refractivity contribution is -0.140. The average molecular weight is 471 g/mol. The average Bonchev–Trinajstić information content (AvgIpc) is 2.63. The molecule has 7 heteroatoms. The number of aliphatic carboxylic acids is 1. The van der Waals surface area contributed by atoms with Crippen molar-refractivity contribution in [2.24, 2.45) is 5.92 Å². The number of hydrogen-bond acceptors (Lipinski definition) is 4. The fourth-order valence-electron chi connectivity index (χ4n) is 2.78. The summed E-state index contributed by atoms with van der Waals surface area (Å²) >= 11 is 9.54. The van der Waals surface area contributed by atoms with E-state index >= 15 is 0 Å². The van der Waals surface area contributed by atoms with E-state index in [1.54, 1.807) is 7.11 Å². The third-order valence-corrected chi connectivity index (χ3v) is 4.94. The highest BCUT2D eigenvalue weighted by Crippen LogP contribution is 2.37. The van der Waals surface area contributed by atoms with Crippen molar-refractivity contribution in [3.63, 3.8) is 0 Å². The number of methoxy groups -OCH3 is 1. The van der Waals surface area contributed by atoms with Gasteiger partial charge in [0.15, 0.2) is 11.5 Å². The van der Waals surface area contributed by atoms with Crippen LogP contribution in [-0.4, -0.2) is 24.2 Å². The van der Waals surface area contributed by atoms with Crippen molar-refractivity contribution in [3.05, 3.63) is 57.0 Å². The molecule has 5 nitrogen and oxygen atoms in total. The first-order valence-corrected chi connectivity index (χ1v) is 10.2. The molecule has 0 fully saturated rings. The van der Waals surface area contributed by atoms with E-state index in [0.29, 0.717) is 36.1 Å². The molecule has 2 N–H and O–H groups in total. The predicted molar refractivity (Wildman–Crippen MR) is 114 cm³/mol. The summed E-state index contributed by atoms with van der Waals surface area (Å²) in [4.78, 5) is 11.4. The topological polar surface area (TPSA) is 67.8 Å². The second kappa shape index (κ2) is 10.7. The van der Waals surface area contributed by atoms with E-state index in [2.05, 4.69) is 21.2 Å². The van der Waals surface area contributed by atoms with Crippen LogP contribution in [0.25, 0.3) is 0 Å². The van der Waals surface area contributed by atoms with Crippen LogP contribution in [0.15, 0.2) is 40.9 Å². The van der Waals surface area contributed by atoms with Crippen LogP contribution in [0.2, 0.25) is 5.02 Å². The minimum Gasteiger partial charge on any atom is -0.493 e. The predicted octanol–water partition coefficient (Wildman–Crippen LogP) is 5.28. The molecule has 2 aromatic carbocycles. The number of rotatable bonds is 10. The molecule has 0 saturated heterocycles. The number of nitrogens with one attached hydrogen (secondary N) is 1. The summed E-state index contributed by atoms with van der Waals surface area (Å²) in [5.74, 6) is 0.602. The van der Waals surface area contributed by atoms with Gasteiger partial charge in [-0.2, -0.15) is 0 Å². The molecule has 0 aromatic heterocycles. The lowest BCUT2D eigenvalue weighted by Crippen LogP contribution is -2.37. The summed E-state index contributed by atoms with van der Waals surface area (Å²) in [6.07, 6.45) is 0.564. The summed E-state index contributed by atoms with van der Waals surface area (Å²) in [6.45, 7) is 4.77. The lowest BCUT2D eigenvalue weighted by atomic mass is 10.0. The van der Waals surface area contributed by atoms with Crippen molar-refractivity contribution in [1.82, 2.24) is 5.32 Å². The standard InChI is InChI=1S/C21H25BrClNO4/c1-13(2)7-18(21(25)26)24-11-15-9-17(22)20(19(10-15)27-3)28-12-14-5-4-6-16(23)8-14/h4-6,8-10,13,18,24H,7,11-12H2,1-3H3,(H,25,26).